The fourth-order valence-electron chi connectivity index (χ4n) is 2.21. The minimum atomic E-state index is -0.477. The number of nitrogens with zero attached hydrogens (tertiary/aromatic N) is 2. The predicted octanol–water partition coefficient (Wildman–Crippen LogP) is 1.54. The molecule has 1 atom stereocenters. The topological polar surface area (TPSA) is 85.5 Å². The van der Waals surface area contributed by atoms with E-state index in [1.54, 1.807) is 11.3 Å². The molecule has 7 heteroatoms. The monoisotopic (exact) mass is 297 g/mol. The fraction of sp³-hybridized carbons (Fsp3) is 0.615. The van der Waals surface area contributed by atoms with Gasteiger partial charge in [-0.3, -0.25) is 4.79 Å². The summed E-state index contributed by atoms with van der Waals surface area (Å²) in [5.41, 5.74) is 6.02. The molecule has 2 heterocycles. The highest BCUT2D eigenvalue weighted by Gasteiger charge is 2.28. The van der Waals surface area contributed by atoms with Crippen molar-refractivity contribution >= 4 is 23.3 Å². The van der Waals surface area contributed by atoms with Crippen LogP contribution in [0.5, 0.6) is 0 Å². The molecule has 0 unspecified atom stereocenters. The van der Waals surface area contributed by atoms with Gasteiger partial charge in [0.1, 0.15) is 6.61 Å². The summed E-state index contributed by atoms with van der Waals surface area (Å²) in [7, 11) is 0. The SMILES string of the molecule is CCc1nc(COC(=O)[C@@H]2CCCN(C(N)=O)C2)cs1. The van der Waals surface area contributed by atoms with Crippen molar-refractivity contribution < 1.29 is 14.3 Å². The third-order valence-corrected chi connectivity index (χ3v) is 4.37. The molecule has 1 aromatic heterocycles. The molecule has 1 aliphatic rings. The molecule has 1 fully saturated rings. The quantitative estimate of drug-likeness (QED) is 0.854. The molecular formula is C13H19N3O3S. The molecule has 2 amide bonds. The highest BCUT2D eigenvalue weighted by Crippen LogP contribution is 2.19. The lowest BCUT2D eigenvalue weighted by atomic mass is 9.98. The van der Waals surface area contributed by atoms with Crippen LogP contribution in [0.3, 0.4) is 0 Å². The Morgan fingerprint density at radius 3 is 3.05 bits per heavy atom. The van der Waals surface area contributed by atoms with Crippen LogP contribution in [0.1, 0.15) is 30.5 Å². The Morgan fingerprint density at radius 2 is 2.40 bits per heavy atom. The van der Waals surface area contributed by atoms with Gasteiger partial charge in [0.15, 0.2) is 0 Å². The Labute approximate surface area is 121 Å². The van der Waals surface area contributed by atoms with Crippen molar-refractivity contribution in [2.45, 2.75) is 32.8 Å². The number of thiazole rings is 1. The first-order valence-corrected chi connectivity index (χ1v) is 7.62. The zero-order valence-corrected chi connectivity index (χ0v) is 12.3. The lowest BCUT2D eigenvalue weighted by Crippen LogP contribution is -2.45. The van der Waals surface area contributed by atoms with Crippen molar-refractivity contribution in [2.24, 2.45) is 11.7 Å². The summed E-state index contributed by atoms with van der Waals surface area (Å²) >= 11 is 1.57. The van der Waals surface area contributed by atoms with E-state index < -0.39 is 6.03 Å². The number of esters is 1. The maximum absolute atomic E-state index is 12.0. The number of primary amides is 1. The average Bonchev–Trinajstić information content (AvgIpc) is 2.93. The number of aryl methyl sites for hydroxylation is 1. The number of rotatable bonds is 4. The standard InChI is InChI=1S/C13H19N3O3S/c1-2-11-15-10(8-20-11)7-19-12(17)9-4-3-5-16(6-9)13(14)18/h8-9H,2-7H2,1H3,(H2,14,18)/t9-/m1/s1. The first-order chi connectivity index (χ1) is 9.60. The van der Waals surface area contributed by atoms with Gasteiger partial charge in [0.25, 0.3) is 0 Å². The Balaban J connectivity index is 1.83. The number of amides is 2. The van der Waals surface area contributed by atoms with Crippen LogP contribution in [0.2, 0.25) is 0 Å². The molecule has 0 radical (unpaired) electrons. The van der Waals surface area contributed by atoms with Gasteiger partial charge in [0, 0.05) is 18.5 Å². The Bertz CT molecular complexity index is 489. The molecule has 0 saturated carbocycles. The first-order valence-electron chi connectivity index (χ1n) is 6.74. The van der Waals surface area contributed by atoms with E-state index in [1.807, 2.05) is 12.3 Å². The van der Waals surface area contributed by atoms with Gasteiger partial charge in [-0.15, -0.1) is 11.3 Å². The molecule has 1 aliphatic heterocycles. The van der Waals surface area contributed by atoms with Crippen molar-refractivity contribution in [2.75, 3.05) is 13.1 Å². The number of hydrogen-bond donors (Lipinski definition) is 1. The third-order valence-electron chi connectivity index (χ3n) is 3.33. The summed E-state index contributed by atoms with van der Waals surface area (Å²) in [6, 6.07) is -0.477. The van der Waals surface area contributed by atoms with Gasteiger partial charge in [-0.1, -0.05) is 6.92 Å². The number of carbonyl (C=O) groups excluding carboxylic acids is 2. The second-order valence-corrected chi connectivity index (χ2v) is 5.76. The number of likely N-dealkylation sites (tertiary alicyclic amines) is 1. The van der Waals surface area contributed by atoms with Crippen LogP contribution in [-0.4, -0.2) is 35.0 Å². The maximum atomic E-state index is 12.0. The van der Waals surface area contributed by atoms with E-state index in [2.05, 4.69) is 4.98 Å². The number of aromatic nitrogens is 1. The summed E-state index contributed by atoms with van der Waals surface area (Å²) < 4.78 is 5.28. The highest BCUT2D eigenvalue weighted by atomic mass is 32.1. The summed E-state index contributed by atoms with van der Waals surface area (Å²) in [6.45, 7) is 3.20. The summed E-state index contributed by atoms with van der Waals surface area (Å²) in [4.78, 5) is 29.0. The second kappa shape index (κ2) is 6.69. The van der Waals surface area contributed by atoms with Crippen molar-refractivity contribution in [1.29, 1.82) is 0 Å². The third kappa shape index (κ3) is 3.69. The normalized spacial score (nSPS) is 18.9. The molecule has 2 N–H and O–H groups in total. The Kier molecular flexibility index (Phi) is 4.94. The number of carbonyl (C=O) groups is 2. The molecule has 2 rings (SSSR count). The molecule has 0 aromatic carbocycles. The van der Waals surface area contributed by atoms with E-state index in [-0.39, 0.29) is 18.5 Å². The molecule has 0 spiro atoms. The minimum Gasteiger partial charge on any atom is -0.459 e. The van der Waals surface area contributed by atoms with Gasteiger partial charge in [0.2, 0.25) is 0 Å². The van der Waals surface area contributed by atoms with Crippen molar-refractivity contribution in [3.8, 4) is 0 Å². The van der Waals surface area contributed by atoms with E-state index in [9.17, 15) is 9.59 Å². The summed E-state index contributed by atoms with van der Waals surface area (Å²) in [6.07, 6.45) is 2.40. The summed E-state index contributed by atoms with van der Waals surface area (Å²) in [5, 5.41) is 2.94. The molecule has 0 bridgehead atoms. The van der Waals surface area contributed by atoms with Crippen LogP contribution < -0.4 is 5.73 Å². The first kappa shape index (κ1) is 14.8. The van der Waals surface area contributed by atoms with Crippen LogP contribution in [-0.2, 0) is 22.6 Å². The van der Waals surface area contributed by atoms with Gasteiger partial charge in [-0.05, 0) is 19.3 Å². The molecule has 1 saturated heterocycles. The van der Waals surface area contributed by atoms with Crippen LogP contribution in [0.15, 0.2) is 5.38 Å². The van der Waals surface area contributed by atoms with Crippen LogP contribution in [0.25, 0.3) is 0 Å². The lowest BCUT2D eigenvalue weighted by Gasteiger charge is -2.30. The molecule has 20 heavy (non-hydrogen) atoms. The second-order valence-electron chi connectivity index (χ2n) is 4.82. The molecule has 6 nitrogen and oxygen atoms in total. The van der Waals surface area contributed by atoms with Gasteiger partial charge in [0.05, 0.1) is 16.6 Å². The van der Waals surface area contributed by atoms with Crippen molar-refractivity contribution in [3.05, 3.63) is 16.1 Å². The molecular weight excluding hydrogens is 278 g/mol. The Hall–Kier alpha value is -1.63. The zero-order valence-electron chi connectivity index (χ0n) is 11.5. The van der Waals surface area contributed by atoms with E-state index in [0.29, 0.717) is 13.1 Å². The number of urea groups is 1. The average molecular weight is 297 g/mol. The highest BCUT2D eigenvalue weighted by molar-refractivity contribution is 7.09. The number of ether oxygens (including phenoxy) is 1. The largest absolute Gasteiger partial charge is 0.459 e. The lowest BCUT2D eigenvalue weighted by molar-refractivity contribution is -0.151. The van der Waals surface area contributed by atoms with E-state index >= 15 is 0 Å². The van der Waals surface area contributed by atoms with Crippen molar-refractivity contribution in [1.82, 2.24) is 9.88 Å². The fourth-order valence-corrected chi connectivity index (χ4v) is 2.94. The maximum Gasteiger partial charge on any atom is 0.314 e. The minimum absolute atomic E-state index is 0.197. The van der Waals surface area contributed by atoms with Crippen LogP contribution in [0.4, 0.5) is 4.79 Å². The van der Waals surface area contributed by atoms with E-state index in [1.165, 1.54) is 4.90 Å². The number of piperidine rings is 1. The molecule has 110 valence electrons. The van der Waals surface area contributed by atoms with E-state index in [0.717, 1.165) is 30.0 Å². The van der Waals surface area contributed by atoms with E-state index in [4.69, 9.17) is 10.5 Å². The van der Waals surface area contributed by atoms with Gasteiger partial charge < -0.3 is 15.4 Å². The summed E-state index contributed by atoms with van der Waals surface area (Å²) in [5.74, 6) is -0.553. The molecule has 0 aliphatic carbocycles. The van der Waals surface area contributed by atoms with Crippen LogP contribution in [0, 0.1) is 5.92 Å². The number of nitrogens with two attached hydrogens (primary N) is 1. The van der Waals surface area contributed by atoms with Gasteiger partial charge >= 0.3 is 12.0 Å². The van der Waals surface area contributed by atoms with Gasteiger partial charge in [-0.2, -0.15) is 0 Å². The van der Waals surface area contributed by atoms with Crippen LogP contribution >= 0.6 is 11.3 Å². The predicted molar refractivity (Wildman–Crippen MR) is 75.2 cm³/mol. The Morgan fingerprint density at radius 1 is 1.60 bits per heavy atom. The number of hydrogen-bond acceptors (Lipinski definition) is 5. The zero-order chi connectivity index (χ0) is 14.5. The van der Waals surface area contributed by atoms with Crippen molar-refractivity contribution in [3.63, 3.8) is 0 Å². The smallest absolute Gasteiger partial charge is 0.314 e. The van der Waals surface area contributed by atoms with Gasteiger partial charge in [-0.25, -0.2) is 9.78 Å². The molecule has 1 aromatic rings.